The fourth-order valence-electron chi connectivity index (χ4n) is 2.13. The molecule has 0 saturated carbocycles. The maximum Gasteiger partial charge on any atom is 0.418 e. The van der Waals surface area contributed by atoms with Crippen LogP contribution in [0.4, 0.5) is 13.2 Å². The Bertz CT molecular complexity index is 817. The molecule has 0 aliphatic carbocycles. The molecule has 0 fully saturated rings. The molecule has 20 heavy (non-hydrogen) atoms. The zero-order valence-corrected chi connectivity index (χ0v) is 10.1. The molecule has 2 heterocycles. The van der Waals surface area contributed by atoms with Crippen LogP contribution < -0.4 is 5.56 Å². The third-order valence-corrected chi connectivity index (χ3v) is 3.03. The van der Waals surface area contributed by atoms with Gasteiger partial charge in [0.1, 0.15) is 0 Å². The van der Waals surface area contributed by atoms with Crippen LogP contribution in [-0.4, -0.2) is 9.55 Å². The highest BCUT2D eigenvalue weighted by Gasteiger charge is 2.34. The molecular weight excluding hydrogens is 269 g/mol. The van der Waals surface area contributed by atoms with Crippen molar-refractivity contribution in [3.05, 3.63) is 64.7 Å². The third-order valence-electron chi connectivity index (χ3n) is 3.03. The van der Waals surface area contributed by atoms with E-state index in [2.05, 4.69) is 4.98 Å². The summed E-state index contributed by atoms with van der Waals surface area (Å²) in [5, 5.41) is 0.543. The molecule has 0 aliphatic heterocycles. The van der Waals surface area contributed by atoms with E-state index in [9.17, 15) is 18.0 Å². The third kappa shape index (κ3) is 2.09. The van der Waals surface area contributed by atoms with Gasteiger partial charge in [-0.25, -0.2) is 0 Å². The lowest BCUT2D eigenvalue weighted by Gasteiger charge is -2.15. The second-order valence-corrected chi connectivity index (χ2v) is 4.37. The van der Waals surface area contributed by atoms with Gasteiger partial charge < -0.3 is 9.55 Å². The first-order valence-electron chi connectivity index (χ1n) is 5.83. The average Bonchev–Trinajstić information content (AvgIpc) is 2.90. The lowest BCUT2D eigenvalue weighted by Crippen LogP contribution is -2.11. The summed E-state index contributed by atoms with van der Waals surface area (Å²) >= 11 is 0. The van der Waals surface area contributed by atoms with Gasteiger partial charge in [-0.15, -0.1) is 0 Å². The highest BCUT2D eigenvalue weighted by atomic mass is 19.4. The predicted octanol–water partition coefficient (Wildman–Crippen LogP) is 3.34. The molecule has 2 aromatic heterocycles. The summed E-state index contributed by atoms with van der Waals surface area (Å²) in [6.45, 7) is 0. The van der Waals surface area contributed by atoms with Crippen LogP contribution in [-0.2, 0) is 6.18 Å². The number of rotatable bonds is 1. The maximum absolute atomic E-state index is 13.2. The van der Waals surface area contributed by atoms with Crippen LogP contribution in [0.1, 0.15) is 5.56 Å². The number of hydrogen-bond acceptors (Lipinski definition) is 1. The molecule has 0 aliphatic rings. The van der Waals surface area contributed by atoms with Crippen LogP contribution in [0.15, 0.2) is 53.6 Å². The van der Waals surface area contributed by atoms with Crippen molar-refractivity contribution >= 4 is 10.9 Å². The van der Waals surface area contributed by atoms with Crippen molar-refractivity contribution in [1.82, 2.24) is 9.55 Å². The molecule has 0 radical (unpaired) electrons. The SMILES string of the molecule is O=c1ccc2cc(-n3cccc3)c(C(F)(F)F)cc2[nH]1. The molecule has 3 aromatic rings. The van der Waals surface area contributed by atoms with E-state index >= 15 is 0 Å². The highest BCUT2D eigenvalue weighted by molar-refractivity contribution is 5.82. The summed E-state index contributed by atoms with van der Waals surface area (Å²) in [5.74, 6) is 0. The molecule has 0 saturated heterocycles. The zero-order valence-electron chi connectivity index (χ0n) is 10.1. The standard InChI is InChI=1S/C14H9F3N2O/c15-14(16,17)10-8-11-9(3-4-13(20)18-11)7-12(10)19-5-1-2-6-19/h1-8H,(H,18,20). The molecule has 3 rings (SSSR count). The molecule has 0 bridgehead atoms. The van der Waals surface area contributed by atoms with Crippen molar-refractivity contribution in [3.8, 4) is 5.69 Å². The lowest BCUT2D eigenvalue weighted by atomic mass is 10.1. The number of aromatic amines is 1. The van der Waals surface area contributed by atoms with Crippen LogP contribution in [0.3, 0.4) is 0 Å². The molecule has 6 heteroatoms. The molecule has 0 atom stereocenters. The second-order valence-electron chi connectivity index (χ2n) is 4.37. The summed E-state index contributed by atoms with van der Waals surface area (Å²) < 4.78 is 40.9. The fourth-order valence-corrected chi connectivity index (χ4v) is 2.13. The Morgan fingerprint density at radius 3 is 2.40 bits per heavy atom. The van der Waals surface area contributed by atoms with Gasteiger partial charge in [0.15, 0.2) is 0 Å². The zero-order chi connectivity index (χ0) is 14.3. The number of fused-ring (bicyclic) bond motifs is 1. The van der Waals surface area contributed by atoms with Gasteiger partial charge in [-0.05, 0) is 30.3 Å². The molecule has 0 unspecified atom stereocenters. The first-order valence-corrected chi connectivity index (χ1v) is 5.83. The molecule has 0 amide bonds. The van der Waals surface area contributed by atoms with E-state index in [0.717, 1.165) is 6.07 Å². The summed E-state index contributed by atoms with van der Waals surface area (Å²) in [6.07, 6.45) is -1.41. The van der Waals surface area contributed by atoms with Crippen molar-refractivity contribution < 1.29 is 13.2 Å². The lowest BCUT2D eigenvalue weighted by molar-refractivity contribution is -0.137. The number of H-pyrrole nitrogens is 1. The van der Waals surface area contributed by atoms with Gasteiger partial charge in [0.05, 0.1) is 11.3 Å². The summed E-state index contributed by atoms with van der Waals surface area (Å²) in [6, 6.07) is 8.46. The second kappa shape index (κ2) is 4.26. The van der Waals surface area contributed by atoms with Gasteiger partial charge in [-0.1, -0.05) is 0 Å². The molecule has 0 spiro atoms. The molecular formula is C14H9F3N2O. The summed E-state index contributed by atoms with van der Waals surface area (Å²) in [5.41, 5.74) is -1.02. The Labute approximate surface area is 111 Å². The van der Waals surface area contributed by atoms with Crippen molar-refractivity contribution in [2.45, 2.75) is 6.18 Å². The normalized spacial score (nSPS) is 11.9. The number of nitrogens with zero attached hydrogens (tertiary/aromatic N) is 1. The number of nitrogens with one attached hydrogen (secondary N) is 1. The Kier molecular flexibility index (Phi) is 2.67. The smallest absolute Gasteiger partial charge is 0.323 e. The maximum atomic E-state index is 13.2. The minimum Gasteiger partial charge on any atom is -0.323 e. The van der Waals surface area contributed by atoms with E-state index in [1.807, 2.05) is 0 Å². The van der Waals surface area contributed by atoms with Crippen LogP contribution in [0.5, 0.6) is 0 Å². The van der Waals surface area contributed by atoms with E-state index in [0.29, 0.717) is 5.39 Å². The van der Waals surface area contributed by atoms with E-state index in [1.54, 1.807) is 24.5 Å². The average molecular weight is 278 g/mol. The van der Waals surface area contributed by atoms with E-state index in [-0.39, 0.29) is 11.2 Å². The van der Waals surface area contributed by atoms with E-state index in [1.165, 1.54) is 22.8 Å². The Morgan fingerprint density at radius 1 is 1.05 bits per heavy atom. The number of alkyl halides is 3. The van der Waals surface area contributed by atoms with Crippen molar-refractivity contribution in [1.29, 1.82) is 0 Å². The minimum absolute atomic E-state index is 0.0297. The number of aromatic nitrogens is 2. The van der Waals surface area contributed by atoms with Crippen LogP contribution >= 0.6 is 0 Å². The monoisotopic (exact) mass is 278 g/mol. The minimum atomic E-state index is -4.50. The van der Waals surface area contributed by atoms with Crippen molar-refractivity contribution in [3.63, 3.8) is 0 Å². The van der Waals surface area contributed by atoms with Gasteiger partial charge in [-0.3, -0.25) is 4.79 Å². The van der Waals surface area contributed by atoms with Crippen molar-refractivity contribution in [2.24, 2.45) is 0 Å². The Balaban J connectivity index is 2.37. The largest absolute Gasteiger partial charge is 0.418 e. The van der Waals surface area contributed by atoms with E-state index in [4.69, 9.17) is 0 Å². The first kappa shape index (κ1) is 12.5. The van der Waals surface area contributed by atoms with Crippen LogP contribution in [0, 0.1) is 0 Å². The van der Waals surface area contributed by atoms with E-state index < -0.39 is 17.3 Å². The molecule has 1 aromatic carbocycles. The predicted molar refractivity (Wildman–Crippen MR) is 68.9 cm³/mol. The van der Waals surface area contributed by atoms with Gasteiger partial charge in [0.2, 0.25) is 5.56 Å². The van der Waals surface area contributed by atoms with Gasteiger partial charge in [-0.2, -0.15) is 13.2 Å². The first-order chi connectivity index (χ1) is 9.45. The fraction of sp³-hybridized carbons (Fsp3) is 0.0714. The van der Waals surface area contributed by atoms with Gasteiger partial charge in [0.25, 0.3) is 0 Å². The Hall–Kier alpha value is -2.50. The summed E-state index contributed by atoms with van der Waals surface area (Å²) in [7, 11) is 0. The molecule has 102 valence electrons. The quantitative estimate of drug-likeness (QED) is 0.728. The van der Waals surface area contributed by atoms with Crippen molar-refractivity contribution in [2.75, 3.05) is 0 Å². The van der Waals surface area contributed by atoms with Crippen LogP contribution in [0.2, 0.25) is 0 Å². The molecule has 3 nitrogen and oxygen atoms in total. The number of benzene rings is 1. The van der Waals surface area contributed by atoms with Gasteiger partial charge >= 0.3 is 6.18 Å². The summed E-state index contributed by atoms with van der Waals surface area (Å²) in [4.78, 5) is 13.6. The number of pyridine rings is 1. The van der Waals surface area contributed by atoms with Crippen LogP contribution in [0.25, 0.3) is 16.6 Å². The highest BCUT2D eigenvalue weighted by Crippen LogP contribution is 2.35. The number of hydrogen-bond donors (Lipinski definition) is 1. The topological polar surface area (TPSA) is 37.8 Å². The Morgan fingerprint density at radius 2 is 1.75 bits per heavy atom. The number of halogens is 3. The van der Waals surface area contributed by atoms with Gasteiger partial charge in [0, 0.05) is 29.4 Å². The molecule has 1 N–H and O–H groups in total.